The number of aromatic nitrogens is 2. The molecule has 2 aromatic heterocycles. The molecule has 1 saturated heterocycles. The van der Waals surface area contributed by atoms with Gasteiger partial charge >= 0.3 is 0 Å². The molecule has 0 bridgehead atoms. The molecule has 0 radical (unpaired) electrons. The van der Waals surface area contributed by atoms with E-state index in [4.69, 9.17) is 9.84 Å². The van der Waals surface area contributed by atoms with E-state index in [2.05, 4.69) is 24.1 Å². The molecule has 4 rings (SSSR count). The normalized spacial score (nSPS) is 19.7. The average molecular weight is 425 g/mol. The lowest BCUT2D eigenvalue weighted by molar-refractivity contribution is -0.0679. The second-order valence-electron chi connectivity index (χ2n) is 7.78. The Labute approximate surface area is 181 Å². The van der Waals surface area contributed by atoms with Crippen LogP contribution in [0.3, 0.4) is 0 Å². The minimum Gasteiger partial charge on any atom is -0.373 e. The minimum atomic E-state index is -0.0794. The second kappa shape index (κ2) is 9.55. The highest BCUT2D eigenvalue weighted by Gasteiger charge is 2.22. The predicted molar refractivity (Wildman–Crippen MR) is 120 cm³/mol. The molecular formula is C23H28N4O2S. The highest BCUT2D eigenvalue weighted by Crippen LogP contribution is 2.27. The quantitative estimate of drug-likeness (QED) is 0.586. The fourth-order valence-corrected chi connectivity index (χ4v) is 4.64. The van der Waals surface area contributed by atoms with Crippen molar-refractivity contribution in [2.24, 2.45) is 0 Å². The van der Waals surface area contributed by atoms with Crippen LogP contribution in [0.1, 0.15) is 30.6 Å². The molecule has 0 saturated carbocycles. The summed E-state index contributed by atoms with van der Waals surface area (Å²) in [6.45, 7) is 7.72. The van der Waals surface area contributed by atoms with E-state index in [1.54, 1.807) is 16.0 Å². The number of morpholine rings is 1. The van der Waals surface area contributed by atoms with Gasteiger partial charge in [0.25, 0.3) is 5.91 Å². The van der Waals surface area contributed by atoms with Gasteiger partial charge in [-0.2, -0.15) is 5.10 Å². The van der Waals surface area contributed by atoms with Crippen molar-refractivity contribution < 1.29 is 9.53 Å². The van der Waals surface area contributed by atoms with E-state index in [0.29, 0.717) is 12.1 Å². The number of benzene rings is 1. The number of hydrogen-bond acceptors (Lipinski definition) is 5. The van der Waals surface area contributed by atoms with Crippen molar-refractivity contribution in [3.8, 4) is 16.3 Å². The third-order valence-electron chi connectivity index (χ3n) is 5.17. The number of hydrogen-bond donors (Lipinski definition) is 1. The number of amides is 1. The number of carbonyl (C=O) groups excluding carboxylic acids is 1. The fourth-order valence-electron chi connectivity index (χ4n) is 3.92. The first kappa shape index (κ1) is 20.8. The molecule has 0 aliphatic carbocycles. The first-order chi connectivity index (χ1) is 14.6. The fraction of sp³-hybridized carbons (Fsp3) is 0.391. The van der Waals surface area contributed by atoms with Gasteiger partial charge in [-0.05, 0) is 43.8 Å². The van der Waals surface area contributed by atoms with E-state index < -0.39 is 0 Å². The molecule has 1 fully saturated rings. The zero-order chi connectivity index (χ0) is 20.9. The van der Waals surface area contributed by atoms with Crippen LogP contribution in [0.15, 0.2) is 54.0 Å². The lowest BCUT2D eigenvalue weighted by Crippen LogP contribution is -2.46. The number of para-hydroxylation sites is 1. The summed E-state index contributed by atoms with van der Waals surface area (Å²) >= 11 is 1.59. The topological polar surface area (TPSA) is 59.4 Å². The summed E-state index contributed by atoms with van der Waals surface area (Å²) in [5, 5.41) is 9.79. The maximum atomic E-state index is 13.0. The Bertz CT molecular complexity index is 945. The third-order valence-corrected chi connectivity index (χ3v) is 6.04. The maximum Gasteiger partial charge on any atom is 0.255 e. The van der Waals surface area contributed by atoms with Gasteiger partial charge in [-0.25, -0.2) is 4.68 Å². The molecule has 1 aliphatic heterocycles. The highest BCUT2D eigenvalue weighted by molar-refractivity contribution is 7.13. The Balaban J connectivity index is 1.41. The molecule has 0 spiro atoms. The second-order valence-corrected chi connectivity index (χ2v) is 8.72. The maximum absolute atomic E-state index is 13.0. The summed E-state index contributed by atoms with van der Waals surface area (Å²) in [4.78, 5) is 16.4. The smallest absolute Gasteiger partial charge is 0.255 e. The van der Waals surface area contributed by atoms with Gasteiger partial charge in [-0.15, -0.1) is 11.3 Å². The van der Waals surface area contributed by atoms with Crippen LogP contribution < -0.4 is 5.32 Å². The molecule has 1 amide bonds. The Morgan fingerprint density at radius 1 is 1.17 bits per heavy atom. The lowest BCUT2D eigenvalue weighted by atomic mass is 10.2. The van der Waals surface area contributed by atoms with E-state index >= 15 is 0 Å². The first-order valence-electron chi connectivity index (χ1n) is 10.4. The van der Waals surface area contributed by atoms with Crippen molar-refractivity contribution in [1.82, 2.24) is 20.0 Å². The minimum absolute atomic E-state index is 0.0794. The molecule has 3 aromatic rings. The highest BCUT2D eigenvalue weighted by atomic mass is 32.1. The molecule has 30 heavy (non-hydrogen) atoms. The molecule has 158 valence electrons. The molecule has 6 nitrogen and oxygen atoms in total. The van der Waals surface area contributed by atoms with Crippen LogP contribution in [-0.4, -0.2) is 59.0 Å². The van der Waals surface area contributed by atoms with E-state index in [9.17, 15) is 4.79 Å². The SMILES string of the molecule is CC1CN(CCCNC(=O)c2cn(-c3ccccc3)nc2-c2cccs2)CC(C)O1. The monoisotopic (exact) mass is 424 g/mol. The standard InChI is InChI=1S/C23H28N4O2S/c1-17-14-26(15-18(2)29-17)12-7-11-24-23(28)20-16-27(19-8-4-3-5-9-19)25-22(20)21-10-6-13-30-21/h3-6,8-10,13,16-18H,7,11-12,14-15H2,1-2H3,(H,24,28). The van der Waals surface area contributed by atoms with E-state index in [-0.39, 0.29) is 18.1 Å². The Morgan fingerprint density at radius 3 is 2.63 bits per heavy atom. The summed E-state index contributed by atoms with van der Waals surface area (Å²) < 4.78 is 7.56. The van der Waals surface area contributed by atoms with E-state index in [1.807, 2.05) is 54.0 Å². The summed E-state index contributed by atoms with van der Waals surface area (Å²) in [5.41, 5.74) is 2.27. The van der Waals surface area contributed by atoms with Crippen molar-refractivity contribution in [3.63, 3.8) is 0 Å². The van der Waals surface area contributed by atoms with Gasteiger partial charge in [0.05, 0.1) is 28.3 Å². The molecule has 1 aliphatic rings. The summed E-state index contributed by atoms with van der Waals surface area (Å²) in [5.74, 6) is -0.0794. The number of nitrogens with zero attached hydrogens (tertiary/aromatic N) is 3. The molecule has 7 heteroatoms. The van der Waals surface area contributed by atoms with Gasteiger partial charge in [0.2, 0.25) is 0 Å². The van der Waals surface area contributed by atoms with Crippen molar-refractivity contribution in [2.75, 3.05) is 26.2 Å². The lowest BCUT2D eigenvalue weighted by Gasteiger charge is -2.35. The largest absolute Gasteiger partial charge is 0.373 e. The van der Waals surface area contributed by atoms with Gasteiger partial charge < -0.3 is 10.1 Å². The Kier molecular flexibility index (Phi) is 6.62. The average Bonchev–Trinajstić information content (AvgIpc) is 3.41. The van der Waals surface area contributed by atoms with Gasteiger partial charge in [-0.1, -0.05) is 24.3 Å². The van der Waals surface area contributed by atoms with Crippen LogP contribution in [0.25, 0.3) is 16.3 Å². The molecule has 1 N–H and O–H groups in total. The molecule has 1 aromatic carbocycles. The number of thiophene rings is 1. The first-order valence-corrected chi connectivity index (χ1v) is 11.3. The number of carbonyl (C=O) groups is 1. The number of rotatable bonds is 7. The predicted octanol–water partition coefficient (Wildman–Crippen LogP) is 3.83. The number of nitrogens with one attached hydrogen (secondary N) is 1. The third kappa shape index (κ3) is 4.98. The Morgan fingerprint density at radius 2 is 1.93 bits per heavy atom. The van der Waals surface area contributed by atoms with Crippen LogP contribution in [0.5, 0.6) is 0 Å². The zero-order valence-corrected chi connectivity index (χ0v) is 18.3. The van der Waals surface area contributed by atoms with Crippen LogP contribution in [-0.2, 0) is 4.74 Å². The summed E-state index contributed by atoms with van der Waals surface area (Å²) in [7, 11) is 0. The van der Waals surface area contributed by atoms with Gasteiger partial charge in [0, 0.05) is 32.4 Å². The van der Waals surface area contributed by atoms with Crippen LogP contribution in [0.4, 0.5) is 0 Å². The van der Waals surface area contributed by atoms with Crippen LogP contribution in [0, 0.1) is 0 Å². The van der Waals surface area contributed by atoms with E-state index in [1.165, 1.54) is 0 Å². The van der Waals surface area contributed by atoms with E-state index in [0.717, 1.165) is 42.3 Å². The van der Waals surface area contributed by atoms with Crippen LogP contribution >= 0.6 is 11.3 Å². The van der Waals surface area contributed by atoms with Crippen molar-refractivity contribution >= 4 is 17.2 Å². The summed E-state index contributed by atoms with van der Waals surface area (Å²) in [6.07, 6.45) is 3.26. The van der Waals surface area contributed by atoms with Crippen molar-refractivity contribution in [1.29, 1.82) is 0 Å². The molecule has 2 unspecified atom stereocenters. The van der Waals surface area contributed by atoms with Gasteiger partial charge in [0.1, 0.15) is 5.69 Å². The van der Waals surface area contributed by atoms with Crippen molar-refractivity contribution in [2.45, 2.75) is 32.5 Å². The van der Waals surface area contributed by atoms with Crippen molar-refractivity contribution in [3.05, 3.63) is 59.6 Å². The van der Waals surface area contributed by atoms with Gasteiger partial charge in [-0.3, -0.25) is 9.69 Å². The summed E-state index contributed by atoms with van der Waals surface area (Å²) in [6, 6.07) is 13.8. The number of ether oxygens (including phenoxy) is 1. The van der Waals surface area contributed by atoms with Gasteiger partial charge in [0.15, 0.2) is 0 Å². The molecule has 2 atom stereocenters. The van der Waals surface area contributed by atoms with Crippen LogP contribution in [0.2, 0.25) is 0 Å². The molecule has 3 heterocycles. The zero-order valence-electron chi connectivity index (χ0n) is 17.5. The molecular weight excluding hydrogens is 396 g/mol. The Hall–Kier alpha value is -2.48.